The van der Waals surface area contributed by atoms with E-state index in [0.29, 0.717) is 6.04 Å². The second kappa shape index (κ2) is 6.41. The van der Waals surface area contributed by atoms with E-state index < -0.39 is 0 Å². The Hall–Kier alpha value is -0.0800. The molecular formula is C12H25NO. The third-order valence-corrected chi connectivity index (χ3v) is 3.25. The Morgan fingerprint density at radius 1 is 1.14 bits per heavy atom. The van der Waals surface area contributed by atoms with Gasteiger partial charge in [-0.1, -0.05) is 32.1 Å². The average Bonchev–Trinajstić information content (AvgIpc) is 2.19. The van der Waals surface area contributed by atoms with Crippen molar-refractivity contribution < 1.29 is 5.11 Å². The standard InChI is InChI=1S/C12H25NO/c1-10(13-11(2)9-14)8-12-6-4-3-5-7-12/h10-14H,3-9H2,1-2H3. The first-order chi connectivity index (χ1) is 6.72. The van der Waals surface area contributed by atoms with Crippen LogP contribution in [0.4, 0.5) is 0 Å². The number of rotatable bonds is 5. The third kappa shape index (κ3) is 4.43. The predicted octanol–water partition coefficient (Wildman–Crippen LogP) is 2.32. The van der Waals surface area contributed by atoms with Crippen LogP contribution in [0.3, 0.4) is 0 Å². The number of aliphatic hydroxyl groups is 1. The highest BCUT2D eigenvalue weighted by Gasteiger charge is 2.16. The van der Waals surface area contributed by atoms with Crippen LogP contribution < -0.4 is 5.32 Å². The maximum absolute atomic E-state index is 8.93. The summed E-state index contributed by atoms with van der Waals surface area (Å²) < 4.78 is 0. The van der Waals surface area contributed by atoms with Gasteiger partial charge in [0.15, 0.2) is 0 Å². The van der Waals surface area contributed by atoms with Gasteiger partial charge in [0.05, 0.1) is 6.61 Å². The Morgan fingerprint density at radius 3 is 2.36 bits per heavy atom. The molecule has 1 saturated carbocycles. The zero-order valence-corrected chi connectivity index (χ0v) is 9.63. The minimum Gasteiger partial charge on any atom is -0.395 e. The molecule has 2 unspecified atom stereocenters. The fourth-order valence-corrected chi connectivity index (χ4v) is 2.53. The van der Waals surface area contributed by atoms with Crippen LogP contribution in [0.15, 0.2) is 0 Å². The van der Waals surface area contributed by atoms with Gasteiger partial charge in [-0.25, -0.2) is 0 Å². The summed E-state index contributed by atoms with van der Waals surface area (Å²) in [5.74, 6) is 0.928. The number of hydrogen-bond acceptors (Lipinski definition) is 2. The van der Waals surface area contributed by atoms with Crippen LogP contribution in [-0.2, 0) is 0 Å². The molecule has 0 aromatic rings. The van der Waals surface area contributed by atoms with Crippen molar-refractivity contribution in [1.29, 1.82) is 0 Å². The Labute approximate surface area is 88.1 Å². The van der Waals surface area contributed by atoms with Crippen molar-refractivity contribution in [1.82, 2.24) is 5.32 Å². The second-order valence-corrected chi connectivity index (χ2v) is 4.89. The summed E-state index contributed by atoms with van der Waals surface area (Å²) in [6.07, 6.45) is 8.40. The molecular weight excluding hydrogens is 174 g/mol. The molecule has 0 bridgehead atoms. The third-order valence-electron chi connectivity index (χ3n) is 3.25. The topological polar surface area (TPSA) is 32.3 Å². The number of nitrogens with one attached hydrogen (secondary N) is 1. The van der Waals surface area contributed by atoms with Crippen LogP contribution in [0.5, 0.6) is 0 Å². The van der Waals surface area contributed by atoms with Gasteiger partial charge in [0.1, 0.15) is 0 Å². The molecule has 0 amide bonds. The van der Waals surface area contributed by atoms with E-state index in [1.54, 1.807) is 0 Å². The number of aliphatic hydroxyl groups excluding tert-OH is 1. The lowest BCUT2D eigenvalue weighted by molar-refractivity contribution is 0.228. The van der Waals surface area contributed by atoms with Gasteiger partial charge in [-0.3, -0.25) is 0 Å². The average molecular weight is 199 g/mol. The van der Waals surface area contributed by atoms with Gasteiger partial charge >= 0.3 is 0 Å². The van der Waals surface area contributed by atoms with Crippen LogP contribution in [0.25, 0.3) is 0 Å². The second-order valence-electron chi connectivity index (χ2n) is 4.89. The maximum Gasteiger partial charge on any atom is 0.0582 e. The van der Waals surface area contributed by atoms with E-state index in [4.69, 9.17) is 5.11 Å². The van der Waals surface area contributed by atoms with Crippen molar-refractivity contribution in [3.8, 4) is 0 Å². The highest BCUT2D eigenvalue weighted by molar-refractivity contribution is 4.73. The van der Waals surface area contributed by atoms with Gasteiger partial charge in [0.25, 0.3) is 0 Å². The smallest absolute Gasteiger partial charge is 0.0582 e. The Kier molecular flexibility index (Phi) is 5.49. The van der Waals surface area contributed by atoms with Crippen LogP contribution in [-0.4, -0.2) is 23.8 Å². The van der Waals surface area contributed by atoms with E-state index >= 15 is 0 Å². The molecule has 1 fully saturated rings. The first kappa shape index (κ1) is 12.0. The summed E-state index contributed by atoms with van der Waals surface area (Å²) in [5, 5.41) is 12.4. The predicted molar refractivity (Wildman–Crippen MR) is 60.3 cm³/mol. The normalized spacial score (nSPS) is 23.4. The highest BCUT2D eigenvalue weighted by Crippen LogP contribution is 2.27. The first-order valence-electron chi connectivity index (χ1n) is 6.09. The van der Waals surface area contributed by atoms with Crippen LogP contribution >= 0.6 is 0 Å². The summed E-state index contributed by atoms with van der Waals surface area (Å²) in [4.78, 5) is 0. The summed E-state index contributed by atoms with van der Waals surface area (Å²) in [7, 11) is 0. The van der Waals surface area contributed by atoms with E-state index in [1.165, 1.54) is 38.5 Å². The van der Waals surface area contributed by atoms with Crippen molar-refractivity contribution in [2.24, 2.45) is 5.92 Å². The molecule has 0 spiro atoms. The van der Waals surface area contributed by atoms with Gasteiger partial charge in [-0.05, 0) is 26.2 Å². The minimum absolute atomic E-state index is 0.244. The van der Waals surface area contributed by atoms with Crippen LogP contribution in [0, 0.1) is 5.92 Å². The Morgan fingerprint density at radius 2 is 1.79 bits per heavy atom. The van der Waals surface area contributed by atoms with Gasteiger partial charge in [0, 0.05) is 12.1 Å². The zero-order valence-electron chi connectivity index (χ0n) is 9.63. The van der Waals surface area contributed by atoms with Gasteiger partial charge in [0.2, 0.25) is 0 Å². The molecule has 2 nitrogen and oxygen atoms in total. The summed E-state index contributed by atoms with van der Waals surface area (Å²) in [5.41, 5.74) is 0. The summed E-state index contributed by atoms with van der Waals surface area (Å²) in [6.45, 7) is 4.52. The van der Waals surface area contributed by atoms with Crippen molar-refractivity contribution in [2.75, 3.05) is 6.61 Å². The highest BCUT2D eigenvalue weighted by atomic mass is 16.3. The monoisotopic (exact) mass is 199 g/mol. The summed E-state index contributed by atoms with van der Waals surface area (Å²) >= 11 is 0. The van der Waals surface area contributed by atoms with Crippen molar-refractivity contribution >= 4 is 0 Å². The van der Waals surface area contributed by atoms with Crippen molar-refractivity contribution in [3.05, 3.63) is 0 Å². The van der Waals surface area contributed by atoms with Crippen LogP contribution in [0.1, 0.15) is 52.4 Å². The molecule has 0 aromatic heterocycles. The van der Waals surface area contributed by atoms with Gasteiger partial charge in [-0.15, -0.1) is 0 Å². The molecule has 0 radical (unpaired) electrons. The molecule has 14 heavy (non-hydrogen) atoms. The zero-order chi connectivity index (χ0) is 10.4. The molecule has 0 aliphatic heterocycles. The van der Waals surface area contributed by atoms with Gasteiger partial charge < -0.3 is 10.4 Å². The van der Waals surface area contributed by atoms with Crippen molar-refractivity contribution in [3.63, 3.8) is 0 Å². The Bertz CT molecular complexity index is 143. The molecule has 0 aromatic carbocycles. The largest absolute Gasteiger partial charge is 0.395 e. The molecule has 84 valence electrons. The van der Waals surface area contributed by atoms with E-state index in [9.17, 15) is 0 Å². The molecule has 0 heterocycles. The fourth-order valence-electron chi connectivity index (χ4n) is 2.53. The molecule has 2 N–H and O–H groups in total. The first-order valence-corrected chi connectivity index (χ1v) is 6.09. The minimum atomic E-state index is 0.244. The SMILES string of the molecule is CC(CO)NC(C)CC1CCCCC1. The van der Waals surface area contributed by atoms with E-state index in [-0.39, 0.29) is 12.6 Å². The molecule has 1 rings (SSSR count). The van der Waals surface area contributed by atoms with E-state index in [0.717, 1.165) is 5.92 Å². The lowest BCUT2D eigenvalue weighted by Gasteiger charge is -2.26. The van der Waals surface area contributed by atoms with E-state index in [2.05, 4.69) is 12.2 Å². The maximum atomic E-state index is 8.93. The fraction of sp³-hybridized carbons (Fsp3) is 1.00. The summed E-state index contributed by atoms with van der Waals surface area (Å²) in [6, 6.07) is 0.800. The van der Waals surface area contributed by atoms with E-state index in [1.807, 2.05) is 6.92 Å². The number of hydrogen-bond donors (Lipinski definition) is 2. The molecule has 2 atom stereocenters. The molecule has 2 heteroatoms. The molecule has 0 saturated heterocycles. The van der Waals surface area contributed by atoms with Gasteiger partial charge in [-0.2, -0.15) is 0 Å². The lowest BCUT2D eigenvalue weighted by atomic mass is 9.85. The quantitative estimate of drug-likeness (QED) is 0.712. The van der Waals surface area contributed by atoms with Crippen molar-refractivity contribution in [2.45, 2.75) is 64.5 Å². The molecule has 1 aliphatic carbocycles. The Balaban J connectivity index is 2.14. The lowest BCUT2D eigenvalue weighted by Crippen LogP contribution is -2.38. The van der Waals surface area contributed by atoms with Crippen LogP contribution in [0.2, 0.25) is 0 Å². The molecule has 1 aliphatic rings.